The van der Waals surface area contributed by atoms with Gasteiger partial charge in [-0.3, -0.25) is 9.78 Å². The van der Waals surface area contributed by atoms with Gasteiger partial charge in [-0.25, -0.2) is 0 Å². The van der Waals surface area contributed by atoms with Crippen molar-refractivity contribution < 1.29 is 4.79 Å². The number of benzene rings is 1. The lowest BCUT2D eigenvalue weighted by molar-refractivity contribution is -0.113. The molecule has 0 aliphatic carbocycles. The van der Waals surface area contributed by atoms with Gasteiger partial charge in [0.25, 0.3) is 0 Å². The monoisotopic (exact) mass is 435 g/mol. The smallest absolute Gasteiger partial charge is 0.234 e. The summed E-state index contributed by atoms with van der Waals surface area (Å²) in [7, 11) is 0. The van der Waals surface area contributed by atoms with E-state index in [0.29, 0.717) is 26.8 Å². The highest BCUT2D eigenvalue weighted by atomic mass is 35.5. The number of hydrogen-bond donors (Lipinski definition) is 1. The summed E-state index contributed by atoms with van der Waals surface area (Å²) < 4.78 is 2.03. The summed E-state index contributed by atoms with van der Waals surface area (Å²) in [6.07, 6.45) is 3.44. The third kappa shape index (κ3) is 5.25. The molecule has 146 valence electrons. The highest BCUT2D eigenvalue weighted by Gasteiger charge is 2.17. The Morgan fingerprint density at radius 2 is 1.93 bits per heavy atom. The SMILES string of the molecule is CC(C)Cn1c(SCC(=O)Nc2ccc(Cl)cc2Cl)nnc1-c1ccncc1. The molecule has 1 aromatic carbocycles. The van der Waals surface area contributed by atoms with E-state index >= 15 is 0 Å². The molecule has 28 heavy (non-hydrogen) atoms. The highest BCUT2D eigenvalue weighted by Crippen LogP contribution is 2.27. The zero-order valence-electron chi connectivity index (χ0n) is 15.4. The summed E-state index contributed by atoms with van der Waals surface area (Å²) in [5.41, 5.74) is 1.46. The fourth-order valence-corrected chi connectivity index (χ4v) is 3.75. The van der Waals surface area contributed by atoms with Gasteiger partial charge in [0.2, 0.25) is 5.91 Å². The number of halogens is 2. The van der Waals surface area contributed by atoms with Crippen LogP contribution in [0.3, 0.4) is 0 Å². The molecule has 2 heterocycles. The Balaban J connectivity index is 1.73. The van der Waals surface area contributed by atoms with Crippen molar-refractivity contribution in [3.63, 3.8) is 0 Å². The maximum Gasteiger partial charge on any atom is 0.234 e. The molecule has 0 saturated carbocycles. The zero-order chi connectivity index (χ0) is 20.1. The van der Waals surface area contributed by atoms with Crippen molar-refractivity contribution in [1.82, 2.24) is 19.7 Å². The first kappa shape index (κ1) is 20.6. The molecular formula is C19H19Cl2N5OS. The molecule has 1 amide bonds. The molecule has 3 aromatic rings. The lowest BCUT2D eigenvalue weighted by Gasteiger charge is -2.12. The van der Waals surface area contributed by atoms with Crippen LogP contribution < -0.4 is 5.32 Å². The molecule has 0 unspecified atom stereocenters. The number of amides is 1. The van der Waals surface area contributed by atoms with Crippen molar-refractivity contribution >= 4 is 46.6 Å². The Labute approximate surface area is 177 Å². The number of thioether (sulfide) groups is 1. The van der Waals surface area contributed by atoms with E-state index in [1.54, 1.807) is 30.6 Å². The Morgan fingerprint density at radius 3 is 2.61 bits per heavy atom. The Hall–Kier alpha value is -2.09. The molecule has 0 aliphatic heterocycles. The van der Waals surface area contributed by atoms with E-state index in [9.17, 15) is 4.79 Å². The molecule has 0 atom stereocenters. The second-order valence-corrected chi connectivity index (χ2v) is 8.29. The molecule has 0 fully saturated rings. The number of carbonyl (C=O) groups excluding carboxylic acids is 1. The van der Waals surface area contributed by atoms with Gasteiger partial charge in [-0.1, -0.05) is 48.8 Å². The fraction of sp³-hybridized carbons (Fsp3) is 0.263. The quantitative estimate of drug-likeness (QED) is 0.526. The van der Waals surface area contributed by atoms with Crippen molar-refractivity contribution in [3.8, 4) is 11.4 Å². The van der Waals surface area contributed by atoms with Crippen LogP contribution in [0.15, 0.2) is 47.9 Å². The molecule has 0 radical (unpaired) electrons. The number of aromatic nitrogens is 4. The molecule has 0 saturated heterocycles. The van der Waals surface area contributed by atoms with Crippen molar-refractivity contribution in [2.45, 2.75) is 25.5 Å². The van der Waals surface area contributed by atoms with Crippen LogP contribution in [-0.2, 0) is 11.3 Å². The summed E-state index contributed by atoms with van der Waals surface area (Å²) in [5.74, 6) is 1.17. The van der Waals surface area contributed by atoms with Gasteiger partial charge in [0, 0.05) is 29.5 Å². The fourth-order valence-electron chi connectivity index (χ4n) is 2.55. The first-order valence-corrected chi connectivity index (χ1v) is 10.4. The predicted octanol–water partition coefficient (Wildman–Crippen LogP) is 5.03. The molecule has 0 aliphatic rings. The number of carbonyl (C=O) groups is 1. The van der Waals surface area contributed by atoms with Crippen LogP contribution in [-0.4, -0.2) is 31.4 Å². The summed E-state index contributed by atoms with van der Waals surface area (Å²) in [6, 6.07) is 8.73. The van der Waals surface area contributed by atoms with Gasteiger partial charge in [0.05, 0.1) is 16.5 Å². The highest BCUT2D eigenvalue weighted by molar-refractivity contribution is 7.99. The average molecular weight is 436 g/mol. The minimum absolute atomic E-state index is 0.182. The summed E-state index contributed by atoms with van der Waals surface area (Å²) in [5, 5.41) is 13.0. The summed E-state index contributed by atoms with van der Waals surface area (Å²) in [4.78, 5) is 16.4. The van der Waals surface area contributed by atoms with E-state index < -0.39 is 0 Å². The van der Waals surface area contributed by atoms with Crippen LogP contribution in [0.1, 0.15) is 13.8 Å². The average Bonchev–Trinajstić information content (AvgIpc) is 3.05. The lowest BCUT2D eigenvalue weighted by atomic mass is 10.2. The van der Waals surface area contributed by atoms with Gasteiger partial charge >= 0.3 is 0 Å². The van der Waals surface area contributed by atoms with E-state index in [4.69, 9.17) is 23.2 Å². The van der Waals surface area contributed by atoms with Crippen LogP contribution in [0.25, 0.3) is 11.4 Å². The number of nitrogens with one attached hydrogen (secondary N) is 1. The summed E-state index contributed by atoms with van der Waals surface area (Å²) >= 11 is 13.3. The second-order valence-electron chi connectivity index (χ2n) is 6.51. The third-order valence-electron chi connectivity index (χ3n) is 3.74. The standard InChI is InChI=1S/C19H19Cl2N5OS/c1-12(2)10-26-18(13-5-7-22-8-6-13)24-25-19(26)28-11-17(27)23-16-4-3-14(20)9-15(16)21/h3-9,12H,10-11H2,1-2H3,(H,23,27). The lowest BCUT2D eigenvalue weighted by Crippen LogP contribution is -2.15. The number of rotatable bonds is 7. The van der Waals surface area contributed by atoms with Crippen molar-refractivity contribution in [3.05, 3.63) is 52.8 Å². The van der Waals surface area contributed by atoms with E-state index in [1.165, 1.54) is 11.8 Å². The van der Waals surface area contributed by atoms with E-state index in [1.807, 2.05) is 16.7 Å². The topological polar surface area (TPSA) is 72.7 Å². The van der Waals surface area contributed by atoms with Gasteiger partial charge in [0.1, 0.15) is 0 Å². The maximum absolute atomic E-state index is 12.3. The maximum atomic E-state index is 12.3. The number of hydrogen-bond acceptors (Lipinski definition) is 5. The van der Waals surface area contributed by atoms with Crippen LogP contribution in [0, 0.1) is 5.92 Å². The van der Waals surface area contributed by atoms with Gasteiger partial charge < -0.3 is 9.88 Å². The molecule has 0 spiro atoms. The van der Waals surface area contributed by atoms with Crippen molar-refractivity contribution in [2.75, 3.05) is 11.1 Å². The van der Waals surface area contributed by atoms with Gasteiger partial charge in [-0.15, -0.1) is 10.2 Å². The minimum atomic E-state index is -0.182. The van der Waals surface area contributed by atoms with E-state index in [2.05, 4.69) is 34.3 Å². The van der Waals surface area contributed by atoms with Crippen LogP contribution >= 0.6 is 35.0 Å². The molecule has 3 rings (SSSR count). The minimum Gasteiger partial charge on any atom is -0.324 e. The Kier molecular flexibility index (Phi) is 6.93. The number of nitrogens with zero attached hydrogens (tertiary/aromatic N) is 4. The normalized spacial score (nSPS) is 11.0. The second kappa shape index (κ2) is 9.41. The first-order valence-electron chi connectivity index (χ1n) is 8.65. The van der Waals surface area contributed by atoms with Crippen LogP contribution in [0.2, 0.25) is 10.0 Å². The molecule has 1 N–H and O–H groups in total. The largest absolute Gasteiger partial charge is 0.324 e. The first-order chi connectivity index (χ1) is 13.4. The molecule has 0 bridgehead atoms. The molecule has 2 aromatic heterocycles. The van der Waals surface area contributed by atoms with Crippen LogP contribution in [0.5, 0.6) is 0 Å². The Morgan fingerprint density at radius 1 is 1.18 bits per heavy atom. The summed E-state index contributed by atoms with van der Waals surface area (Å²) in [6.45, 7) is 5.00. The van der Waals surface area contributed by atoms with Crippen molar-refractivity contribution in [1.29, 1.82) is 0 Å². The number of anilines is 1. The van der Waals surface area contributed by atoms with Crippen LogP contribution in [0.4, 0.5) is 5.69 Å². The third-order valence-corrected chi connectivity index (χ3v) is 5.26. The van der Waals surface area contributed by atoms with E-state index in [-0.39, 0.29) is 11.7 Å². The predicted molar refractivity (Wildman–Crippen MR) is 114 cm³/mol. The van der Waals surface area contributed by atoms with Gasteiger partial charge in [-0.2, -0.15) is 0 Å². The van der Waals surface area contributed by atoms with E-state index in [0.717, 1.165) is 17.9 Å². The zero-order valence-corrected chi connectivity index (χ0v) is 17.7. The number of pyridine rings is 1. The van der Waals surface area contributed by atoms with Gasteiger partial charge in [0.15, 0.2) is 11.0 Å². The molecular weight excluding hydrogens is 417 g/mol. The Bertz CT molecular complexity index is 962. The molecule has 9 heteroatoms. The van der Waals surface area contributed by atoms with Gasteiger partial charge in [-0.05, 0) is 36.2 Å². The van der Waals surface area contributed by atoms with Crippen molar-refractivity contribution in [2.24, 2.45) is 5.92 Å². The molecule has 6 nitrogen and oxygen atoms in total.